The number of imidazole rings is 1. The monoisotopic (exact) mass is 227 g/mol. The molecule has 17 heavy (non-hydrogen) atoms. The Hall–Kier alpha value is -1.61. The molecule has 1 aliphatic rings. The summed E-state index contributed by atoms with van der Waals surface area (Å²) in [5.41, 5.74) is 10.3. The van der Waals surface area contributed by atoms with Crippen LogP contribution in [0, 0.1) is 0 Å². The van der Waals surface area contributed by atoms with Crippen molar-refractivity contribution >= 4 is 0 Å². The largest absolute Gasteiger partial charge is 0.338 e. The van der Waals surface area contributed by atoms with Crippen LogP contribution < -0.4 is 5.73 Å². The van der Waals surface area contributed by atoms with Crippen LogP contribution in [-0.4, -0.2) is 9.55 Å². The van der Waals surface area contributed by atoms with Crippen molar-refractivity contribution in [2.24, 2.45) is 12.8 Å². The molecule has 1 heterocycles. The van der Waals surface area contributed by atoms with Crippen LogP contribution in [0.1, 0.15) is 35.0 Å². The van der Waals surface area contributed by atoms with Crippen molar-refractivity contribution in [3.8, 4) is 0 Å². The van der Waals surface area contributed by atoms with Crippen LogP contribution in [0.15, 0.2) is 30.6 Å². The van der Waals surface area contributed by atoms with Gasteiger partial charge in [0.2, 0.25) is 0 Å². The molecule has 88 valence electrons. The molecular formula is C14H17N3. The summed E-state index contributed by atoms with van der Waals surface area (Å²) in [6.45, 7) is 0. The quantitative estimate of drug-likeness (QED) is 0.852. The second-order valence-electron chi connectivity index (χ2n) is 4.76. The number of aromatic nitrogens is 2. The van der Waals surface area contributed by atoms with Gasteiger partial charge < -0.3 is 10.3 Å². The Morgan fingerprint density at radius 1 is 1.47 bits per heavy atom. The van der Waals surface area contributed by atoms with Crippen molar-refractivity contribution in [1.82, 2.24) is 9.55 Å². The van der Waals surface area contributed by atoms with Gasteiger partial charge in [0.25, 0.3) is 0 Å². The van der Waals surface area contributed by atoms with E-state index in [0.717, 1.165) is 25.1 Å². The standard InChI is InChI=1S/C14H17N3/c1-17-8-7-16-14(17)9-10-3-2-4-12-11(10)5-6-13(12)15/h2-4,7-8,13H,5-6,9,15H2,1H3. The first-order valence-corrected chi connectivity index (χ1v) is 6.08. The molecule has 0 saturated carbocycles. The molecule has 1 atom stereocenters. The van der Waals surface area contributed by atoms with E-state index in [4.69, 9.17) is 5.73 Å². The van der Waals surface area contributed by atoms with Crippen molar-refractivity contribution < 1.29 is 0 Å². The minimum absolute atomic E-state index is 0.228. The molecule has 0 bridgehead atoms. The molecule has 0 aliphatic heterocycles. The van der Waals surface area contributed by atoms with Gasteiger partial charge in [0.1, 0.15) is 5.82 Å². The maximum absolute atomic E-state index is 6.10. The molecule has 0 spiro atoms. The number of benzene rings is 1. The van der Waals surface area contributed by atoms with Gasteiger partial charge in [0, 0.05) is 31.9 Å². The molecule has 0 radical (unpaired) electrons. The number of rotatable bonds is 2. The smallest absolute Gasteiger partial charge is 0.112 e. The van der Waals surface area contributed by atoms with Crippen molar-refractivity contribution in [3.63, 3.8) is 0 Å². The average Bonchev–Trinajstić information content (AvgIpc) is 2.89. The first-order valence-electron chi connectivity index (χ1n) is 6.08. The number of hydrogen-bond donors (Lipinski definition) is 1. The van der Waals surface area contributed by atoms with Crippen molar-refractivity contribution in [2.45, 2.75) is 25.3 Å². The van der Waals surface area contributed by atoms with Gasteiger partial charge in [-0.3, -0.25) is 0 Å². The topological polar surface area (TPSA) is 43.8 Å². The fraction of sp³-hybridized carbons (Fsp3) is 0.357. The van der Waals surface area contributed by atoms with Gasteiger partial charge in [-0.15, -0.1) is 0 Å². The average molecular weight is 227 g/mol. The summed E-state index contributed by atoms with van der Waals surface area (Å²) in [5.74, 6) is 1.11. The molecule has 1 unspecified atom stereocenters. The number of hydrogen-bond acceptors (Lipinski definition) is 2. The third-order valence-electron chi connectivity index (χ3n) is 3.68. The zero-order valence-corrected chi connectivity index (χ0v) is 10.1. The van der Waals surface area contributed by atoms with Crippen molar-refractivity contribution in [2.75, 3.05) is 0 Å². The Morgan fingerprint density at radius 3 is 3.12 bits per heavy atom. The predicted molar refractivity (Wildman–Crippen MR) is 67.7 cm³/mol. The zero-order valence-electron chi connectivity index (χ0n) is 10.1. The number of nitrogens with two attached hydrogens (primary N) is 1. The minimum Gasteiger partial charge on any atom is -0.338 e. The van der Waals surface area contributed by atoms with E-state index in [1.54, 1.807) is 0 Å². The van der Waals surface area contributed by atoms with Crippen LogP contribution in [0.25, 0.3) is 0 Å². The zero-order chi connectivity index (χ0) is 11.8. The number of fused-ring (bicyclic) bond motifs is 1. The second kappa shape index (κ2) is 4.00. The predicted octanol–water partition coefficient (Wildman–Crippen LogP) is 1.96. The molecule has 0 fully saturated rings. The van der Waals surface area contributed by atoms with Gasteiger partial charge in [-0.1, -0.05) is 18.2 Å². The Labute approximate surface area is 101 Å². The van der Waals surface area contributed by atoms with Crippen LogP contribution in [0.5, 0.6) is 0 Å². The van der Waals surface area contributed by atoms with E-state index >= 15 is 0 Å². The summed E-state index contributed by atoms with van der Waals surface area (Å²) in [6, 6.07) is 6.70. The lowest BCUT2D eigenvalue weighted by atomic mass is 10.00. The molecule has 3 heteroatoms. The molecule has 1 aliphatic carbocycles. The van der Waals surface area contributed by atoms with E-state index in [1.807, 2.05) is 19.4 Å². The fourth-order valence-corrected chi connectivity index (χ4v) is 2.66. The fourth-order valence-electron chi connectivity index (χ4n) is 2.66. The molecule has 3 nitrogen and oxygen atoms in total. The van der Waals surface area contributed by atoms with Crippen LogP contribution in [-0.2, 0) is 19.9 Å². The Morgan fingerprint density at radius 2 is 2.35 bits per heavy atom. The third kappa shape index (κ3) is 1.76. The maximum Gasteiger partial charge on any atom is 0.112 e. The molecule has 3 rings (SSSR count). The summed E-state index contributed by atoms with van der Waals surface area (Å²) in [5, 5.41) is 0. The van der Waals surface area contributed by atoms with Gasteiger partial charge in [-0.25, -0.2) is 4.98 Å². The molecule has 0 saturated heterocycles. The van der Waals surface area contributed by atoms with Crippen LogP contribution in [0.4, 0.5) is 0 Å². The van der Waals surface area contributed by atoms with E-state index in [0.29, 0.717) is 0 Å². The summed E-state index contributed by atoms with van der Waals surface area (Å²) < 4.78 is 2.08. The van der Waals surface area contributed by atoms with Crippen molar-refractivity contribution in [1.29, 1.82) is 0 Å². The summed E-state index contributed by atoms with van der Waals surface area (Å²) in [7, 11) is 2.04. The third-order valence-corrected chi connectivity index (χ3v) is 3.68. The SMILES string of the molecule is Cn1ccnc1Cc1cccc2c1CCC2N. The first kappa shape index (κ1) is 10.5. The van der Waals surface area contributed by atoms with E-state index < -0.39 is 0 Å². The molecule has 1 aromatic carbocycles. The van der Waals surface area contributed by atoms with E-state index in [2.05, 4.69) is 27.8 Å². The Kier molecular flexibility index (Phi) is 2.48. The number of aryl methyl sites for hydroxylation is 1. The molecule has 1 aromatic heterocycles. The highest BCUT2D eigenvalue weighted by atomic mass is 15.0. The van der Waals surface area contributed by atoms with Crippen LogP contribution in [0.3, 0.4) is 0 Å². The second-order valence-corrected chi connectivity index (χ2v) is 4.76. The summed E-state index contributed by atoms with van der Waals surface area (Å²) in [4.78, 5) is 4.39. The highest BCUT2D eigenvalue weighted by Gasteiger charge is 2.21. The normalized spacial score (nSPS) is 18.4. The molecular weight excluding hydrogens is 210 g/mol. The van der Waals surface area contributed by atoms with E-state index in [9.17, 15) is 0 Å². The lowest BCUT2D eigenvalue weighted by molar-refractivity contribution is 0.713. The lowest BCUT2D eigenvalue weighted by Gasteiger charge is -2.09. The summed E-state index contributed by atoms with van der Waals surface area (Å²) in [6.07, 6.45) is 6.93. The Bertz CT molecular complexity index is 542. The maximum atomic E-state index is 6.10. The van der Waals surface area contributed by atoms with Gasteiger partial charge in [-0.2, -0.15) is 0 Å². The first-order chi connectivity index (χ1) is 8.25. The van der Waals surface area contributed by atoms with Gasteiger partial charge in [0.05, 0.1) is 0 Å². The van der Waals surface area contributed by atoms with Crippen molar-refractivity contribution in [3.05, 3.63) is 53.1 Å². The number of nitrogens with zero attached hydrogens (tertiary/aromatic N) is 2. The molecule has 0 amide bonds. The highest BCUT2D eigenvalue weighted by Crippen LogP contribution is 2.32. The summed E-state index contributed by atoms with van der Waals surface area (Å²) >= 11 is 0. The lowest BCUT2D eigenvalue weighted by Crippen LogP contribution is -2.06. The van der Waals surface area contributed by atoms with E-state index in [1.165, 1.54) is 16.7 Å². The highest BCUT2D eigenvalue weighted by molar-refractivity contribution is 5.41. The van der Waals surface area contributed by atoms with Crippen LogP contribution in [0.2, 0.25) is 0 Å². The van der Waals surface area contributed by atoms with Gasteiger partial charge in [-0.05, 0) is 29.5 Å². The molecule has 2 N–H and O–H groups in total. The molecule has 2 aromatic rings. The minimum atomic E-state index is 0.228. The van der Waals surface area contributed by atoms with Crippen LogP contribution >= 0.6 is 0 Å². The van der Waals surface area contributed by atoms with Gasteiger partial charge >= 0.3 is 0 Å². The Balaban J connectivity index is 1.97. The van der Waals surface area contributed by atoms with Gasteiger partial charge in [0.15, 0.2) is 0 Å². The van der Waals surface area contributed by atoms with E-state index in [-0.39, 0.29) is 6.04 Å².